The molecule has 0 radical (unpaired) electrons. The van der Waals surface area contributed by atoms with E-state index in [2.05, 4.69) is 28.8 Å². The number of ether oxygens (including phenoxy) is 1. The molecule has 1 aromatic rings. The maximum atomic E-state index is 5.73. The first-order chi connectivity index (χ1) is 8.96. The highest BCUT2D eigenvalue weighted by molar-refractivity contribution is 6.31. The van der Waals surface area contributed by atoms with Crippen LogP contribution >= 0.6 is 23.2 Å². The van der Waals surface area contributed by atoms with Gasteiger partial charge in [0, 0.05) is 0 Å². The molecule has 4 rings (SSSR count). The van der Waals surface area contributed by atoms with Crippen molar-refractivity contribution in [3.05, 3.63) is 10.6 Å². The average molecular weight is 302 g/mol. The van der Waals surface area contributed by atoms with E-state index in [0.29, 0.717) is 17.9 Å². The fourth-order valence-electron chi connectivity index (χ4n) is 3.72. The van der Waals surface area contributed by atoms with Crippen molar-refractivity contribution in [1.82, 2.24) is 15.0 Å². The molecule has 3 aliphatic carbocycles. The topological polar surface area (TPSA) is 47.9 Å². The van der Waals surface area contributed by atoms with E-state index in [0.717, 1.165) is 11.8 Å². The number of nitrogens with zero attached hydrogens (tertiary/aromatic N) is 3. The maximum absolute atomic E-state index is 5.73. The first-order valence-corrected chi connectivity index (χ1v) is 7.42. The summed E-state index contributed by atoms with van der Waals surface area (Å²) in [4.78, 5) is 11.6. The van der Waals surface area contributed by atoms with Crippen molar-refractivity contribution in [2.45, 2.75) is 33.1 Å². The van der Waals surface area contributed by atoms with Gasteiger partial charge in [-0.15, -0.1) is 0 Å². The molecule has 0 aromatic carbocycles. The van der Waals surface area contributed by atoms with E-state index in [1.807, 2.05) is 0 Å². The molecule has 0 aliphatic heterocycles. The summed E-state index contributed by atoms with van der Waals surface area (Å²) in [7, 11) is 0. The minimum Gasteiger partial charge on any atom is -0.463 e. The van der Waals surface area contributed by atoms with Gasteiger partial charge in [0.1, 0.15) is 0 Å². The van der Waals surface area contributed by atoms with E-state index in [-0.39, 0.29) is 16.6 Å². The summed E-state index contributed by atoms with van der Waals surface area (Å²) in [6, 6.07) is 0.226. The summed E-state index contributed by atoms with van der Waals surface area (Å²) in [6.45, 7) is 5.38. The number of hydrogen-bond donors (Lipinski definition) is 0. The number of halogens is 2. The van der Waals surface area contributed by atoms with Crippen molar-refractivity contribution in [2.75, 3.05) is 6.61 Å². The summed E-state index contributed by atoms with van der Waals surface area (Å²) in [5, 5.41) is 0.144. The lowest BCUT2D eigenvalue weighted by Gasteiger charge is -2.60. The van der Waals surface area contributed by atoms with Crippen molar-refractivity contribution in [2.24, 2.45) is 23.2 Å². The Hall–Kier alpha value is -0.610. The van der Waals surface area contributed by atoms with Gasteiger partial charge in [0.15, 0.2) is 0 Å². The van der Waals surface area contributed by atoms with Gasteiger partial charge < -0.3 is 4.74 Å². The molecule has 0 spiro atoms. The summed E-state index contributed by atoms with van der Waals surface area (Å²) in [6.07, 6.45) is 3.86. The van der Waals surface area contributed by atoms with Crippen molar-refractivity contribution in [3.63, 3.8) is 0 Å². The van der Waals surface area contributed by atoms with Gasteiger partial charge in [0.2, 0.25) is 10.6 Å². The van der Waals surface area contributed by atoms with Crippen LogP contribution in [0.15, 0.2) is 0 Å². The highest BCUT2D eigenvalue weighted by Gasteiger charge is 2.54. The Kier molecular flexibility index (Phi) is 3.34. The third kappa shape index (κ3) is 2.40. The van der Waals surface area contributed by atoms with Crippen molar-refractivity contribution in [1.29, 1.82) is 0 Å². The molecule has 0 N–H and O–H groups in total. The zero-order valence-electron chi connectivity index (χ0n) is 11.1. The lowest BCUT2D eigenvalue weighted by Crippen LogP contribution is -2.53. The second kappa shape index (κ2) is 4.74. The molecule has 0 amide bonds. The first kappa shape index (κ1) is 13.4. The van der Waals surface area contributed by atoms with Crippen LogP contribution in [0.5, 0.6) is 6.01 Å². The normalized spacial score (nSPS) is 31.7. The van der Waals surface area contributed by atoms with E-state index in [4.69, 9.17) is 27.9 Å². The summed E-state index contributed by atoms with van der Waals surface area (Å²) in [5.41, 5.74) is 0.459. The summed E-state index contributed by atoms with van der Waals surface area (Å²) >= 11 is 11.5. The molecule has 0 saturated heterocycles. The third-order valence-electron chi connectivity index (χ3n) is 4.99. The van der Waals surface area contributed by atoms with E-state index >= 15 is 0 Å². The molecular formula is C13H17Cl2N3O. The van der Waals surface area contributed by atoms with E-state index in [1.165, 1.54) is 19.3 Å². The number of rotatable bonds is 3. The lowest BCUT2D eigenvalue weighted by atomic mass is 9.46. The van der Waals surface area contributed by atoms with Crippen LogP contribution in [0.4, 0.5) is 0 Å². The van der Waals surface area contributed by atoms with Crippen LogP contribution in [-0.2, 0) is 0 Å². The quantitative estimate of drug-likeness (QED) is 0.855. The van der Waals surface area contributed by atoms with Gasteiger partial charge in [-0.3, -0.25) is 0 Å². The third-order valence-corrected chi connectivity index (χ3v) is 5.33. The van der Waals surface area contributed by atoms with Crippen molar-refractivity contribution < 1.29 is 4.74 Å². The lowest BCUT2D eigenvalue weighted by molar-refractivity contribution is -0.114. The SMILES string of the molecule is CC1(C)[C@H]2CC[C@@H](COc3nc(Cl)nc(Cl)n3)[C@@H]1C2. The first-order valence-electron chi connectivity index (χ1n) is 6.66. The van der Waals surface area contributed by atoms with Gasteiger partial charge in [0.25, 0.3) is 0 Å². The number of hydrogen-bond acceptors (Lipinski definition) is 4. The molecule has 3 fully saturated rings. The molecular weight excluding hydrogens is 285 g/mol. The highest BCUT2D eigenvalue weighted by atomic mass is 35.5. The molecule has 1 aromatic heterocycles. The Morgan fingerprint density at radius 1 is 1.16 bits per heavy atom. The number of aromatic nitrogens is 3. The van der Waals surface area contributed by atoms with Crippen LogP contribution in [0, 0.1) is 23.2 Å². The van der Waals surface area contributed by atoms with Gasteiger partial charge in [-0.05, 0) is 65.6 Å². The van der Waals surface area contributed by atoms with E-state index < -0.39 is 0 Å². The Balaban J connectivity index is 1.63. The van der Waals surface area contributed by atoms with Crippen LogP contribution in [-0.4, -0.2) is 21.6 Å². The average Bonchev–Trinajstić information content (AvgIpc) is 2.35. The molecule has 3 aliphatic rings. The minimum absolute atomic E-state index is 0.0719. The Labute approximate surface area is 122 Å². The molecule has 4 nitrogen and oxygen atoms in total. The largest absolute Gasteiger partial charge is 0.463 e. The van der Waals surface area contributed by atoms with Gasteiger partial charge in [-0.1, -0.05) is 13.8 Å². The van der Waals surface area contributed by atoms with Gasteiger partial charge in [-0.2, -0.15) is 15.0 Å². The zero-order chi connectivity index (χ0) is 13.6. The summed E-state index contributed by atoms with van der Waals surface area (Å²) in [5.74, 6) is 2.23. The molecule has 6 heteroatoms. The predicted octanol–water partition coefficient (Wildman–Crippen LogP) is 3.63. The van der Waals surface area contributed by atoms with Crippen molar-refractivity contribution >= 4 is 23.2 Å². The van der Waals surface area contributed by atoms with Crippen LogP contribution in [0.2, 0.25) is 10.6 Å². The second-order valence-corrected chi connectivity index (χ2v) is 6.84. The molecule has 2 bridgehead atoms. The molecule has 3 saturated carbocycles. The maximum Gasteiger partial charge on any atom is 0.322 e. The molecule has 0 unspecified atom stereocenters. The Morgan fingerprint density at radius 2 is 1.84 bits per heavy atom. The van der Waals surface area contributed by atoms with Crippen LogP contribution in [0.1, 0.15) is 33.1 Å². The van der Waals surface area contributed by atoms with E-state index in [1.54, 1.807) is 0 Å². The fraction of sp³-hybridized carbons (Fsp3) is 0.769. The van der Waals surface area contributed by atoms with Crippen LogP contribution in [0.3, 0.4) is 0 Å². The van der Waals surface area contributed by atoms with Gasteiger partial charge >= 0.3 is 6.01 Å². The van der Waals surface area contributed by atoms with Crippen molar-refractivity contribution in [3.8, 4) is 6.01 Å². The smallest absolute Gasteiger partial charge is 0.322 e. The van der Waals surface area contributed by atoms with Gasteiger partial charge in [-0.25, -0.2) is 0 Å². The monoisotopic (exact) mass is 301 g/mol. The molecule has 3 atom stereocenters. The summed E-state index contributed by atoms with van der Waals surface area (Å²) < 4.78 is 5.66. The van der Waals surface area contributed by atoms with Gasteiger partial charge in [0.05, 0.1) is 6.61 Å². The Morgan fingerprint density at radius 3 is 2.42 bits per heavy atom. The Bertz CT molecular complexity index is 473. The van der Waals surface area contributed by atoms with Crippen LogP contribution < -0.4 is 4.74 Å². The minimum atomic E-state index is 0.0719. The molecule has 1 heterocycles. The number of fused-ring (bicyclic) bond motifs is 2. The van der Waals surface area contributed by atoms with E-state index in [9.17, 15) is 0 Å². The van der Waals surface area contributed by atoms with Crippen LogP contribution in [0.25, 0.3) is 0 Å². The molecule has 19 heavy (non-hydrogen) atoms. The standard InChI is InChI=1S/C13H17Cl2N3O/c1-13(2)8-4-3-7(9(13)5-8)6-19-12-17-10(14)16-11(15)18-12/h7-9H,3-6H2,1-2H3/t7-,8-,9-/m0/s1. The predicted molar refractivity (Wildman–Crippen MR) is 73.4 cm³/mol. The molecule has 104 valence electrons. The highest BCUT2D eigenvalue weighted by Crippen LogP contribution is 2.61. The fourth-order valence-corrected chi connectivity index (χ4v) is 4.07. The second-order valence-electron chi connectivity index (χ2n) is 6.16. The zero-order valence-corrected chi connectivity index (χ0v) is 12.6.